The minimum atomic E-state index is -0.372. The van der Waals surface area contributed by atoms with Gasteiger partial charge in [0, 0.05) is 26.7 Å². The summed E-state index contributed by atoms with van der Waals surface area (Å²) in [4.78, 5) is 5.55. The van der Waals surface area contributed by atoms with Gasteiger partial charge in [0.25, 0.3) is 0 Å². The molecule has 0 aromatic heterocycles. The van der Waals surface area contributed by atoms with Crippen LogP contribution in [0.5, 0.6) is 0 Å². The zero-order valence-corrected chi connectivity index (χ0v) is 14.8. The van der Waals surface area contributed by atoms with Crippen molar-refractivity contribution in [2.75, 3.05) is 41.3 Å². The molecule has 1 aliphatic rings. The van der Waals surface area contributed by atoms with E-state index in [9.17, 15) is 4.39 Å². The normalized spacial score (nSPS) is 16.3. The van der Waals surface area contributed by atoms with E-state index in [4.69, 9.17) is 4.74 Å². The monoisotopic (exact) mass is 321 g/mol. The van der Waals surface area contributed by atoms with E-state index < -0.39 is 0 Å². The minimum Gasteiger partial charge on any atom is -0.493 e. The Labute approximate surface area is 139 Å². The van der Waals surface area contributed by atoms with Gasteiger partial charge < -0.3 is 15.0 Å². The zero-order chi connectivity index (χ0) is 17.2. The summed E-state index contributed by atoms with van der Waals surface area (Å²) >= 11 is 0. The van der Waals surface area contributed by atoms with Crippen LogP contribution in [-0.2, 0) is 4.74 Å². The molecule has 0 heterocycles. The van der Waals surface area contributed by atoms with Crippen LogP contribution < -0.4 is 5.32 Å². The molecule has 0 aliphatic heterocycles. The molecule has 0 bridgehead atoms. The van der Waals surface area contributed by atoms with Crippen LogP contribution >= 0.6 is 0 Å². The van der Waals surface area contributed by atoms with Crippen molar-refractivity contribution in [1.82, 2.24) is 10.2 Å². The lowest BCUT2D eigenvalue weighted by molar-refractivity contribution is 0.217. The maximum absolute atomic E-state index is 14.5. The van der Waals surface area contributed by atoms with Crippen molar-refractivity contribution in [3.63, 3.8) is 0 Å². The van der Waals surface area contributed by atoms with Gasteiger partial charge in [-0.15, -0.1) is 0 Å². The lowest BCUT2D eigenvalue weighted by Gasteiger charge is -2.21. The van der Waals surface area contributed by atoms with Crippen LogP contribution in [0.1, 0.15) is 19.8 Å². The third-order valence-electron chi connectivity index (χ3n) is 3.36. The fraction of sp³-hybridized carbons (Fsp3) is 0.500. The summed E-state index contributed by atoms with van der Waals surface area (Å²) in [5.74, 6) is 0.324. The fourth-order valence-electron chi connectivity index (χ4n) is 2.32. The summed E-state index contributed by atoms with van der Waals surface area (Å²) in [6.07, 6.45) is 8.93. The fourth-order valence-corrected chi connectivity index (χ4v) is 2.32. The van der Waals surface area contributed by atoms with Crippen molar-refractivity contribution in [3.8, 4) is 0 Å². The molecule has 0 radical (unpaired) electrons. The molecule has 0 atom stereocenters. The van der Waals surface area contributed by atoms with E-state index in [0.29, 0.717) is 18.1 Å². The summed E-state index contributed by atoms with van der Waals surface area (Å²) in [6, 6.07) is 0. The van der Waals surface area contributed by atoms with E-state index >= 15 is 0 Å². The number of rotatable bonds is 8. The molecule has 4 nitrogen and oxygen atoms in total. The van der Waals surface area contributed by atoms with E-state index in [-0.39, 0.29) is 5.83 Å². The molecule has 0 saturated carbocycles. The molecule has 23 heavy (non-hydrogen) atoms. The molecule has 0 aromatic carbocycles. The van der Waals surface area contributed by atoms with Gasteiger partial charge in [-0.1, -0.05) is 11.6 Å². The van der Waals surface area contributed by atoms with Gasteiger partial charge in [-0.05, 0) is 45.5 Å². The van der Waals surface area contributed by atoms with E-state index in [1.807, 2.05) is 46.3 Å². The van der Waals surface area contributed by atoms with Crippen LogP contribution in [0.2, 0.25) is 0 Å². The smallest absolute Gasteiger partial charge is 0.164 e. The first-order valence-corrected chi connectivity index (χ1v) is 7.86. The summed E-state index contributed by atoms with van der Waals surface area (Å²) in [7, 11) is 7.11. The first-order chi connectivity index (χ1) is 11.0. The Morgan fingerprint density at radius 3 is 2.83 bits per heavy atom. The SMILES string of the molecule is C/N=C\C(F)=C(\C1=C(OCCCNC)C=CCC(C)=C1)N(C)C. The molecule has 0 unspecified atom stereocenters. The van der Waals surface area contributed by atoms with Crippen LogP contribution in [-0.4, -0.2) is 52.5 Å². The number of nitrogens with zero attached hydrogens (tertiary/aromatic N) is 2. The Bertz CT molecular complexity index is 542. The van der Waals surface area contributed by atoms with Crippen molar-refractivity contribution in [1.29, 1.82) is 0 Å². The summed E-state index contributed by atoms with van der Waals surface area (Å²) in [6.45, 7) is 3.50. The predicted molar refractivity (Wildman–Crippen MR) is 95.3 cm³/mol. The average molecular weight is 321 g/mol. The largest absolute Gasteiger partial charge is 0.493 e. The molecule has 0 saturated heterocycles. The standard InChI is InChI=1S/C18H28FN3O/c1-14-8-6-9-17(23-11-7-10-20-2)15(12-14)18(22(4)5)16(19)13-21-3/h6,9,12-13,20H,7-8,10-11H2,1-5H3/b18-16+,21-13-. The number of ether oxygens (including phenoxy) is 1. The van der Waals surface area contributed by atoms with Crippen LogP contribution in [0.25, 0.3) is 0 Å². The summed E-state index contributed by atoms with van der Waals surface area (Å²) in [5.41, 5.74) is 2.39. The van der Waals surface area contributed by atoms with Gasteiger partial charge in [0.15, 0.2) is 5.83 Å². The number of hydrogen-bond acceptors (Lipinski definition) is 4. The molecule has 5 heteroatoms. The van der Waals surface area contributed by atoms with E-state index in [2.05, 4.69) is 10.3 Å². The number of hydrogen-bond donors (Lipinski definition) is 1. The molecule has 1 rings (SSSR count). The lowest BCUT2D eigenvalue weighted by atomic mass is 10.1. The third kappa shape index (κ3) is 6.02. The molecule has 1 N–H and O–H groups in total. The first-order valence-electron chi connectivity index (χ1n) is 7.86. The minimum absolute atomic E-state index is 0.372. The Hall–Kier alpha value is -1.88. The topological polar surface area (TPSA) is 36.9 Å². The quantitative estimate of drug-likeness (QED) is 0.551. The second-order valence-electron chi connectivity index (χ2n) is 5.66. The van der Waals surface area contributed by atoms with Crippen molar-refractivity contribution in [2.45, 2.75) is 19.8 Å². The number of allylic oxidation sites excluding steroid dienone is 5. The Balaban J connectivity index is 3.27. The zero-order valence-electron chi connectivity index (χ0n) is 14.8. The van der Waals surface area contributed by atoms with Gasteiger partial charge in [-0.3, -0.25) is 4.99 Å². The lowest BCUT2D eigenvalue weighted by Crippen LogP contribution is -2.17. The Morgan fingerprint density at radius 2 is 2.22 bits per heavy atom. The summed E-state index contributed by atoms with van der Waals surface area (Å²) in [5, 5.41) is 3.09. The highest BCUT2D eigenvalue weighted by atomic mass is 19.1. The molecule has 128 valence electrons. The van der Waals surface area contributed by atoms with E-state index in [0.717, 1.165) is 30.5 Å². The Kier molecular flexibility index (Phi) is 8.33. The molecule has 1 aliphatic carbocycles. The van der Waals surface area contributed by atoms with Crippen molar-refractivity contribution < 1.29 is 9.13 Å². The maximum Gasteiger partial charge on any atom is 0.164 e. The van der Waals surface area contributed by atoms with Gasteiger partial charge in [-0.25, -0.2) is 4.39 Å². The number of nitrogens with one attached hydrogen (secondary N) is 1. The number of aliphatic imine (C=N–C) groups is 1. The van der Waals surface area contributed by atoms with E-state index in [1.165, 1.54) is 6.21 Å². The van der Waals surface area contributed by atoms with Gasteiger partial charge in [0.05, 0.1) is 18.5 Å². The second-order valence-corrected chi connectivity index (χ2v) is 5.66. The van der Waals surface area contributed by atoms with Crippen LogP contribution in [0.15, 0.2) is 51.6 Å². The van der Waals surface area contributed by atoms with E-state index in [1.54, 1.807) is 11.9 Å². The highest BCUT2D eigenvalue weighted by Crippen LogP contribution is 2.28. The molecular weight excluding hydrogens is 293 g/mol. The second kappa shape index (κ2) is 10.0. The summed E-state index contributed by atoms with van der Waals surface area (Å²) < 4.78 is 20.4. The van der Waals surface area contributed by atoms with Gasteiger partial charge in [0.2, 0.25) is 0 Å². The van der Waals surface area contributed by atoms with Crippen molar-refractivity contribution >= 4 is 6.21 Å². The van der Waals surface area contributed by atoms with Gasteiger partial charge in [-0.2, -0.15) is 0 Å². The molecule has 0 spiro atoms. The van der Waals surface area contributed by atoms with Gasteiger partial charge in [0.1, 0.15) is 5.76 Å². The first kappa shape index (κ1) is 19.2. The third-order valence-corrected chi connectivity index (χ3v) is 3.36. The Morgan fingerprint density at radius 1 is 1.48 bits per heavy atom. The molecule has 0 amide bonds. The van der Waals surface area contributed by atoms with Crippen LogP contribution in [0, 0.1) is 0 Å². The highest BCUT2D eigenvalue weighted by molar-refractivity contribution is 5.78. The van der Waals surface area contributed by atoms with Crippen LogP contribution in [0.4, 0.5) is 4.39 Å². The average Bonchev–Trinajstić information content (AvgIpc) is 2.66. The molecule has 0 fully saturated rings. The number of likely N-dealkylation sites (N-methyl/N-ethyl adjacent to an activating group) is 1. The molecular formula is C18H28FN3O. The predicted octanol–water partition coefficient (Wildman–Crippen LogP) is 3.22. The molecule has 0 aromatic rings. The highest BCUT2D eigenvalue weighted by Gasteiger charge is 2.18. The van der Waals surface area contributed by atoms with Crippen LogP contribution in [0.3, 0.4) is 0 Å². The maximum atomic E-state index is 14.5. The van der Waals surface area contributed by atoms with Crippen molar-refractivity contribution in [2.24, 2.45) is 4.99 Å². The van der Waals surface area contributed by atoms with Gasteiger partial charge >= 0.3 is 0 Å². The number of halogens is 1. The van der Waals surface area contributed by atoms with Crippen molar-refractivity contribution in [3.05, 3.63) is 46.7 Å².